The Balaban J connectivity index is 2.01. The first-order chi connectivity index (χ1) is 11.9. The van der Waals surface area contributed by atoms with Gasteiger partial charge in [0.2, 0.25) is 5.88 Å². The molecule has 130 valence electrons. The van der Waals surface area contributed by atoms with Crippen LogP contribution in [0.5, 0.6) is 5.88 Å². The molecule has 1 atom stereocenters. The molecular formula is C17H17ClN4O3. The fraction of sp³-hybridized carbons (Fsp3) is 0.294. The van der Waals surface area contributed by atoms with Gasteiger partial charge in [0.25, 0.3) is 5.56 Å². The summed E-state index contributed by atoms with van der Waals surface area (Å²) in [7, 11) is 2.84. The topological polar surface area (TPSA) is 92.0 Å². The van der Waals surface area contributed by atoms with Gasteiger partial charge in [-0.2, -0.15) is 0 Å². The van der Waals surface area contributed by atoms with E-state index in [1.54, 1.807) is 6.07 Å². The number of aromatic nitrogens is 3. The Bertz CT molecular complexity index is 1130. The van der Waals surface area contributed by atoms with Crippen molar-refractivity contribution in [1.82, 2.24) is 19.4 Å². The second-order valence-electron chi connectivity index (χ2n) is 6.29. The van der Waals surface area contributed by atoms with Crippen LogP contribution in [0.15, 0.2) is 27.8 Å². The molecule has 0 radical (unpaired) electrons. The van der Waals surface area contributed by atoms with Gasteiger partial charge in [-0.1, -0.05) is 11.6 Å². The molecule has 7 nitrogen and oxygen atoms in total. The van der Waals surface area contributed by atoms with Crippen LogP contribution in [0.1, 0.15) is 22.9 Å². The summed E-state index contributed by atoms with van der Waals surface area (Å²) in [6.07, 6.45) is 0.777. The summed E-state index contributed by atoms with van der Waals surface area (Å²) in [6, 6.07) is 5.07. The molecule has 3 heterocycles. The van der Waals surface area contributed by atoms with E-state index in [1.807, 2.05) is 12.1 Å². The van der Waals surface area contributed by atoms with Crippen molar-refractivity contribution in [3.05, 3.63) is 60.9 Å². The van der Waals surface area contributed by atoms with Crippen LogP contribution < -0.4 is 16.6 Å². The van der Waals surface area contributed by atoms with Gasteiger partial charge in [-0.15, -0.1) is 0 Å². The molecule has 0 saturated heterocycles. The van der Waals surface area contributed by atoms with Crippen LogP contribution in [0.25, 0.3) is 10.9 Å². The van der Waals surface area contributed by atoms with E-state index in [9.17, 15) is 14.7 Å². The first-order valence-electron chi connectivity index (χ1n) is 7.92. The van der Waals surface area contributed by atoms with Gasteiger partial charge in [0.05, 0.1) is 6.04 Å². The van der Waals surface area contributed by atoms with Gasteiger partial charge in [0.15, 0.2) is 0 Å². The van der Waals surface area contributed by atoms with E-state index in [2.05, 4.69) is 10.3 Å². The first kappa shape index (κ1) is 16.0. The average Bonchev–Trinajstić information content (AvgIpc) is 2.97. The molecule has 8 heteroatoms. The number of hydrogen-bond acceptors (Lipinski definition) is 4. The van der Waals surface area contributed by atoms with Crippen LogP contribution >= 0.6 is 11.6 Å². The summed E-state index contributed by atoms with van der Waals surface area (Å²) >= 11 is 6.12. The van der Waals surface area contributed by atoms with E-state index in [0.29, 0.717) is 11.6 Å². The minimum absolute atomic E-state index is 0.156. The Kier molecular flexibility index (Phi) is 3.52. The maximum atomic E-state index is 12.7. The molecule has 4 rings (SSSR count). The van der Waals surface area contributed by atoms with E-state index in [0.717, 1.165) is 37.7 Å². The van der Waals surface area contributed by atoms with E-state index in [1.165, 1.54) is 14.1 Å². The van der Waals surface area contributed by atoms with Crippen molar-refractivity contribution >= 4 is 22.5 Å². The smallest absolute Gasteiger partial charge is 0.333 e. The fourth-order valence-electron chi connectivity index (χ4n) is 3.56. The van der Waals surface area contributed by atoms with Crippen molar-refractivity contribution in [3.63, 3.8) is 0 Å². The minimum Gasteiger partial charge on any atom is -0.494 e. The molecule has 3 aromatic rings. The van der Waals surface area contributed by atoms with Gasteiger partial charge in [-0.25, -0.2) is 4.79 Å². The summed E-state index contributed by atoms with van der Waals surface area (Å²) in [6.45, 7) is 0.641. The van der Waals surface area contributed by atoms with Crippen LogP contribution in [0.3, 0.4) is 0 Å². The van der Waals surface area contributed by atoms with Gasteiger partial charge in [0.1, 0.15) is 5.56 Å². The van der Waals surface area contributed by atoms with Crippen LogP contribution in [-0.2, 0) is 20.5 Å². The lowest BCUT2D eigenvalue weighted by Gasteiger charge is -2.25. The largest absolute Gasteiger partial charge is 0.494 e. The standard InChI is InChI=1S/C17H17ClN4O3/c1-21-15(23)12(16(24)22(2)17(21)25)14-13-9(5-6-19-14)10-7-8(18)3-4-11(10)20-13/h3-4,7,14,19-20,23H,5-6H2,1-2H3. The van der Waals surface area contributed by atoms with Crippen molar-refractivity contribution < 1.29 is 5.11 Å². The lowest BCUT2D eigenvalue weighted by atomic mass is 9.95. The number of fused-ring (bicyclic) bond motifs is 3. The molecule has 0 amide bonds. The summed E-state index contributed by atoms with van der Waals surface area (Å²) in [5.74, 6) is -0.324. The molecule has 1 aliphatic heterocycles. The number of nitrogens with one attached hydrogen (secondary N) is 2. The molecular weight excluding hydrogens is 344 g/mol. The number of aromatic hydroxyl groups is 1. The monoisotopic (exact) mass is 360 g/mol. The summed E-state index contributed by atoms with van der Waals surface area (Å²) in [5, 5.41) is 15.4. The third-order valence-corrected chi connectivity index (χ3v) is 5.10. The zero-order valence-corrected chi connectivity index (χ0v) is 14.5. The zero-order valence-electron chi connectivity index (χ0n) is 13.8. The first-order valence-corrected chi connectivity index (χ1v) is 8.30. The molecule has 0 bridgehead atoms. The maximum Gasteiger partial charge on any atom is 0.333 e. The Morgan fingerprint density at radius 2 is 2.00 bits per heavy atom. The Hall–Kier alpha value is -2.51. The molecule has 1 unspecified atom stereocenters. The highest BCUT2D eigenvalue weighted by molar-refractivity contribution is 6.31. The highest BCUT2D eigenvalue weighted by Crippen LogP contribution is 2.35. The van der Waals surface area contributed by atoms with E-state index < -0.39 is 17.3 Å². The number of benzene rings is 1. The number of hydrogen-bond donors (Lipinski definition) is 3. The molecule has 1 aliphatic rings. The molecule has 25 heavy (non-hydrogen) atoms. The molecule has 0 spiro atoms. The summed E-state index contributed by atoms with van der Waals surface area (Å²) in [5.41, 5.74) is 1.88. The van der Waals surface area contributed by atoms with Crippen molar-refractivity contribution in [1.29, 1.82) is 0 Å². The molecule has 2 aromatic heterocycles. The SMILES string of the molecule is Cn1c(O)c(C2NCCc3c2[nH]c2ccc(Cl)cc32)c(=O)n(C)c1=O. The second kappa shape index (κ2) is 5.50. The van der Waals surface area contributed by atoms with E-state index in [-0.39, 0.29) is 11.4 Å². The van der Waals surface area contributed by atoms with Crippen molar-refractivity contribution in [3.8, 4) is 5.88 Å². The third-order valence-electron chi connectivity index (χ3n) is 4.87. The lowest BCUT2D eigenvalue weighted by molar-refractivity contribution is 0.391. The quantitative estimate of drug-likeness (QED) is 0.607. The molecule has 0 aliphatic carbocycles. The summed E-state index contributed by atoms with van der Waals surface area (Å²) < 4.78 is 2.08. The van der Waals surface area contributed by atoms with Gasteiger partial charge < -0.3 is 15.4 Å². The normalized spacial score (nSPS) is 17.0. The number of H-pyrrole nitrogens is 1. The number of nitrogens with zero attached hydrogens (tertiary/aromatic N) is 2. The Morgan fingerprint density at radius 1 is 1.24 bits per heavy atom. The summed E-state index contributed by atoms with van der Waals surface area (Å²) in [4.78, 5) is 28.0. The van der Waals surface area contributed by atoms with Crippen LogP contribution in [0, 0.1) is 0 Å². The number of rotatable bonds is 1. The van der Waals surface area contributed by atoms with Crippen molar-refractivity contribution in [2.75, 3.05) is 6.54 Å². The minimum atomic E-state index is -0.564. The molecule has 0 saturated carbocycles. The third kappa shape index (κ3) is 2.23. The van der Waals surface area contributed by atoms with Crippen LogP contribution in [-0.4, -0.2) is 25.8 Å². The molecule has 1 aromatic carbocycles. The molecule has 3 N–H and O–H groups in total. The zero-order chi connectivity index (χ0) is 17.9. The van der Waals surface area contributed by atoms with E-state index in [4.69, 9.17) is 11.6 Å². The van der Waals surface area contributed by atoms with Crippen LogP contribution in [0.4, 0.5) is 0 Å². The number of aromatic amines is 1. The highest BCUT2D eigenvalue weighted by Gasteiger charge is 2.31. The van der Waals surface area contributed by atoms with Gasteiger partial charge in [0, 0.05) is 42.3 Å². The van der Waals surface area contributed by atoms with Gasteiger partial charge in [-0.05, 0) is 30.2 Å². The predicted molar refractivity (Wildman–Crippen MR) is 95.4 cm³/mol. The Labute approximate surface area is 147 Å². The lowest BCUT2D eigenvalue weighted by Crippen LogP contribution is -2.42. The molecule has 0 fully saturated rings. The average molecular weight is 361 g/mol. The highest BCUT2D eigenvalue weighted by atomic mass is 35.5. The van der Waals surface area contributed by atoms with Crippen LogP contribution in [0.2, 0.25) is 5.02 Å². The number of halogens is 1. The Morgan fingerprint density at radius 3 is 2.76 bits per heavy atom. The maximum absolute atomic E-state index is 12.7. The van der Waals surface area contributed by atoms with Gasteiger partial charge >= 0.3 is 5.69 Å². The van der Waals surface area contributed by atoms with Crippen molar-refractivity contribution in [2.45, 2.75) is 12.5 Å². The van der Waals surface area contributed by atoms with Crippen molar-refractivity contribution in [2.24, 2.45) is 14.1 Å². The fourth-order valence-corrected chi connectivity index (χ4v) is 3.73. The van der Waals surface area contributed by atoms with Gasteiger partial charge in [-0.3, -0.25) is 13.9 Å². The van der Waals surface area contributed by atoms with E-state index >= 15 is 0 Å². The predicted octanol–water partition coefficient (Wildman–Crippen LogP) is 1.16. The second-order valence-corrected chi connectivity index (χ2v) is 6.72.